The van der Waals surface area contributed by atoms with Crippen LogP contribution in [0.25, 0.3) is 0 Å². The Kier molecular flexibility index (Phi) is 3.68. The number of anilines is 1. The minimum Gasteiger partial charge on any atom is -0.398 e. The van der Waals surface area contributed by atoms with Crippen molar-refractivity contribution in [2.75, 3.05) is 5.73 Å². The maximum absolute atomic E-state index is 12.2. The van der Waals surface area contributed by atoms with Gasteiger partial charge in [0.1, 0.15) is 0 Å². The molecule has 0 atom stereocenters. The second-order valence-electron chi connectivity index (χ2n) is 4.32. The second-order valence-corrected chi connectivity index (χ2v) is 4.76. The van der Waals surface area contributed by atoms with E-state index in [-0.39, 0.29) is 5.78 Å². The van der Waals surface area contributed by atoms with E-state index >= 15 is 0 Å². The summed E-state index contributed by atoms with van der Waals surface area (Å²) in [5.41, 5.74) is 8.85. The third kappa shape index (κ3) is 2.90. The van der Waals surface area contributed by atoms with Gasteiger partial charge in [-0.25, -0.2) is 0 Å². The number of benzene rings is 2. The topological polar surface area (TPSA) is 43.1 Å². The number of nitrogen functional groups attached to an aromatic ring is 1. The molecule has 0 saturated heterocycles. The summed E-state index contributed by atoms with van der Waals surface area (Å²) in [6.45, 7) is 1.94. The van der Waals surface area contributed by atoms with Gasteiger partial charge in [-0.3, -0.25) is 4.79 Å². The predicted octanol–water partition coefficient (Wildman–Crippen LogP) is 3.66. The highest BCUT2D eigenvalue weighted by Gasteiger charge is 2.11. The van der Waals surface area contributed by atoms with Gasteiger partial charge in [0.2, 0.25) is 0 Å². The summed E-state index contributed by atoms with van der Waals surface area (Å²) in [7, 11) is 0. The molecule has 2 aromatic carbocycles. The van der Waals surface area contributed by atoms with Crippen molar-refractivity contribution in [2.45, 2.75) is 13.3 Å². The lowest BCUT2D eigenvalue weighted by molar-refractivity contribution is 0.0994. The van der Waals surface area contributed by atoms with E-state index in [4.69, 9.17) is 17.3 Å². The Bertz CT molecular complexity index is 593. The minimum atomic E-state index is 0.0125. The zero-order valence-corrected chi connectivity index (χ0v) is 10.9. The van der Waals surface area contributed by atoms with Crippen LogP contribution in [0.5, 0.6) is 0 Å². The van der Waals surface area contributed by atoms with E-state index in [0.717, 1.165) is 11.1 Å². The molecule has 0 amide bonds. The number of carbonyl (C=O) groups excluding carboxylic acids is 1. The smallest absolute Gasteiger partial charge is 0.169 e. The SMILES string of the molecule is Cc1ccc(N)c(C(=O)Cc2cccc(Cl)c2)c1. The van der Waals surface area contributed by atoms with Crippen LogP contribution in [-0.4, -0.2) is 5.78 Å². The molecule has 2 nitrogen and oxygen atoms in total. The summed E-state index contributed by atoms with van der Waals surface area (Å²) >= 11 is 5.89. The first kappa shape index (κ1) is 12.7. The van der Waals surface area contributed by atoms with Crippen LogP contribution in [0.1, 0.15) is 21.5 Å². The van der Waals surface area contributed by atoms with Gasteiger partial charge in [0.15, 0.2) is 5.78 Å². The van der Waals surface area contributed by atoms with Gasteiger partial charge < -0.3 is 5.73 Å². The first-order chi connectivity index (χ1) is 8.56. The second kappa shape index (κ2) is 5.23. The molecule has 2 N–H and O–H groups in total. The monoisotopic (exact) mass is 259 g/mol. The number of ketones is 1. The molecule has 92 valence electrons. The average Bonchev–Trinajstić information content (AvgIpc) is 2.32. The zero-order valence-electron chi connectivity index (χ0n) is 10.1. The van der Waals surface area contributed by atoms with E-state index in [9.17, 15) is 4.79 Å². The summed E-state index contributed by atoms with van der Waals surface area (Å²) in [4.78, 5) is 12.2. The standard InChI is InChI=1S/C15H14ClNO/c1-10-5-6-14(17)13(7-10)15(18)9-11-3-2-4-12(16)8-11/h2-8H,9,17H2,1H3. The van der Waals surface area contributed by atoms with Gasteiger partial charge >= 0.3 is 0 Å². The quantitative estimate of drug-likeness (QED) is 0.675. The normalized spacial score (nSPS) is 10.3. The number of hydrogen-bond donors (Lipinski definition) is 1. The van der Waals surface area contributed by atoms with Gasteiger partial charge in [-0.1, -0.05) is 35.4 Å². The van der Waals surface area contributed by atoms with Crippen LogP contribution in [0.3, 0.4) is 0 Å². The Morgan fingerprint density at radius 1 is 1.22 bits per heavy atom. The molecule has 0 saturated carbocycles. The molecule has 0 aliphatic rings. The van der Waals surface area contributed by atoms with Gasteiger partial charge in [0.25, 0.3) is 0 Å². The summed E-state index contributed by atoms with van der Waals surface area (Å²) in [6.07, 6.45) is 0.314. The molecule has 3 heteroatoms. The predicted molar refractivity (Wildman–Crippen MR) is 75.1 cm³/mol. The maximum Gasteiger partial charge on any atom is 0.169 e. The van der Waals surface area contributed by atoms with E-state index < -0.39 is 0 Å². The molecule has 18 heavy (non-hydrogen) atoms. The molecule has 0 heterocycles. The van der Waals surface area contributed by atoms with Crippen LogP contribution < -0.4 is 5.73 Å². The number of rotatable bonds is 3. The molecular formula is C15H14ClNO. The van der Waals surface area contributed by atoms with E-state index in [1.807, 2.05) is 31.2 Å². The molecule has 0 bridgehead atoms. The fourth-order valence-corrected chi connectivity index (χ4v) is 2.05. The number of aryl methyl sites for hydroxylation is 1. The van der Waals surface area contributed by atoms with Crippen LogP contribution >= 0.6 is 11.6 Å². The molecule has 0 fully saturated rings. The zero-order chi connectivity index (χ0) is 13.1. The Morgan fingerprint density at radius 3 is 2.72 bits per heavy atom. The first-order valence-corrected chi connectivity index (χ1v) is 6.08. The molecule has 2 rings (SSSR count). The molecular weight excluding hydrogens is 246 g/mol. The van der Waals surface area contributed by atoms with E-state index in [0.29, 0.717) is 22.7 Å². The van der Waals surface area contributed by atoms with Crippen LogP contribution in [0.4, 0.5) is 5.69 Å². The van der Waals surface area contributed by atoms with Crippen LogP contribution in [-0.2, 0) is 6.42 Å². The molecule has 0 spiro atoms. The minimum absolute atomic E-state index is 0.0125. The van der Waals surface area contributed by atoms with Gasteiger partial charge in [-0.15, -0.1) is 0 Å². The summed E-state index contributed by atoms with van der Waals surface area (Å²) in [5, 5.41) is 0.637. The molecule has 0 aliphatic carbocycles. The van der Waals surface area contributed by atoms with Crippen molar-refractivity contribution in [3.05, 3.63) is 64.2 Å². The lowest BCUT2D eigenvalue weighted by atomic mass is 10.00. The molecule has 0 aliphatic heterocycles. The van der Waals surface area contributed by atoms with Crippen LogP contribution in [0, 0.1) is 6.92 Å². The summed E-state index contributed by atoms with van der Waals surface area (Å²) in [5.74, 6) is 0.0125. The Balaban J connectivity index is 2.24. The van der Waals surface area contributed by atoms with E-state index in [1.54, 1.807) is 18.2 Å². The number of nitrogens with two attached hydrogens (primary N) is 1. The third-order valence-corrected chi connectivity index (χ3v) is 3.00. The lowest BCUT2D eigenvalue weighted by Gasteiger charge is -2.06. The lowest BCUT2D eigenvalue weighted by Crippen LogP contribution is -2.07. The van der Waals surface area contributed by atoms with Crippen LogP contribution in [0.2, 0.25) is 5.02 Å². The van der Waals surface area contributed by atoms with Crippen molar-refractivity contribution >= 4 is 23.1 Å². The van der Waals surface area contributed by atoms with Gasteiger partial charge in [-0.05, 0) is 36.8 Å². The van der Waals surface area contributed by atoms with Crippen molar-refractivity contribution < 1.29 is 4.79 Å². The van der Waals surface area contributed by atoms with Crippen molar-refractivity contribution in [2.24, 2.45) is 0 Å². The molecule has 0 aromatic heterocycles. The summed E-state index contributed by atoms with van der Waals surface area (Å²) in [6, 6.07) is 12.8. The molecule has 0 unspecified atom stereocenters. The number of Topliss-reactive ketones (excluding diaryl/α,β-unsaturated/α-hetero) is 1. The van der Waals surface area contributed by atoms with Gasteiger partial charge in [0, 0.05) is 22.7 Å². The molecule has 2 aromatic rings. The first-order valence-electron chi connectivity index (χ1n) is 5.70. The maximum atomic E-state index is 12.2. The van der Waals surface area contributed by atoms with E-state index in [1.165, 1.54) is 0 Å². The van der Waals surface area contributed by atoms with Crippen LogP contribution in [0.15, 0.2) is 42.5 Å². The van der Waals surface area contributed by atoms with Gasteiger partial charge in [0.05, 0.1) is 0 Å². The number of carbonyl (C=O) groups is 1. The number of hydrogen-bond acceptors (Lipinski definition) is 2. The number of halogens is 1. The third-order valence-electron chi connectivity index (χ3n) is 2.76. The van der Waals surface area contributed by atoms with Crippen molar-refractivity contribution in [3.8, 4) is 0 Å². The largest absolute Gasteiger partial charge is 0.398 e. The Morgan fingerprint density at radius 2 is 2.00 bits per heavy atom. The Labute approximate surface area is 111 Å². The fraction of sp³-hybridized carbons (Fsp3) is 0.133. The van der Waals surface area contributed by atoms with Gasteiger partial charge in [-0.2, -0.15) is 0 Å². The van der Waals surface area contributed by atoms with Crippen molar-refractivity contribution in [3.63, 3.8) is 0 Å². The van der Waals surface area contributed by atoms with Crippen molar-refractivity contribution in [1.82, 2.24) is 0 Å². The van der Waals surface area contributed by atoms with Crippen molar-refractivity contribution in [1.29, 1.82) is 0 Å². The fourth-order valence-electron chi connectivity index (χ4n) is 1.84. The highest BCUT2D eigenvalue weighted by atomic mass is 35.5. The highest BCUT2D eigenvalue weighted by molar-refractivity contribution is 6.30. The van der Waals surface area contributed by atoms with E-state index in [2.05, 4.69) is 0 Å². The average molecular weight is 260 g/mol. The highest BCUT2D eigenvalue weighted by Crippen LogP contribution is 2.18. The molecule has 0 radical (unpaired) electrons. The summed E-state index contributed by atoms with van der Waals surface area (Å²) < 4.78 is 0. The Hall–Kier alpha value is -1.80.